The van der Waals surface area contributed by atoms with Crippen LogP contribution < -0.4 is 4.74 Å². The topological polar surface area (TPSA) is 30.9 Å². The Morgan fingerprint density at radius 2 is 1.81 bits per heavy atom. The van der Waals surface area contributed by atoms with Crippen molar-refractivity contribution < 1.29 is 14.2 Å². The van der Waals surface area contributed by atoms with Crippen LogP contribution in [0.1, 0.15) is 37.7 Å². The average Bonchev–Trinajstić information content (AvgIpc) is 3.53. The van der Waals surface area contributed by atoms with Crippen molar-refractivity contribution in [1.29, 1.82) is 0 Å². The average molecular weight is 360 g/mol. The van der Waals surface area contributed by atoms with Gasteiger partial charge < -0.3 is 14.2 Å². The van der Waals surface area contributed by atoms with Gasteiger partial charge in [0.15, 0.2) is 0 Å². The maximum atomic E-state index is 6.40. The van der Waals surface area contributed by atoms with E-state index in [0.717, 1.165) is 44.5 Å². The Labute approximate surface area is 157 Å². The summed E-state index contributed by atoms with van der Waals surface area (Å²) in [6.07, 6.45) is 7.78. The zero-order chi connectivity index (χ0) is 17.8. The Morgan fingerprint density at radius 3 is 2.50 bits per heavy atom. The van der Waals surface area contributed by atoms with Gasteiger partial charge in [-0.15, -0.1) is 0 Å². The fourth-order valence-electron chi connectivity index (χ4n) is 4.44. The van der Waals surface area contributed by atoms with Gasteiger partial charge in [-0.2, -0.15) is 0 Å². The van der Waals surface area contributed by atoms with Crippen LogP contribution in [0.2, 0.25) is 0 Å². The van der Waals surface area contributed by atoms with E-state index in [1.165, 1.54) is 44.2 Å². The van der Waals surface area contributed by atoms with Crippen LogP contribution in [0.5, 0.6) is 5.75 Å². The molecule has 4 rings (SSSR count). The van der Waals surface area contributed by atoms with Gasteiger partial charge in [-0.05, 0) is 62.1 Å². The highest BCUT2D eigenvalue weighted by Gasteiger charge is 2.35. The highest BCUT2D eigenvalue weighted by atomic mass is 16.5. The van der Waals surface area contributed by atoms with Crippen LogP contribution in [0, 0.1) is 11.8 Å². The zero-order valence-corrected chi connectivity index (χ0v) is 16.1. The van der Waals surface area contributed by atoms with Crippen LogP contribution in [0.25, 0.3) is 0 Å². The van der Waals surface area contributed by atoms with Gasteiger partial charge in [0, 0.05) is 44.9 Å². The van der Waals surface area contributed by atoms with Gasteiger partial charge >= 0.3 is 0 Å². The lowest BCUT2D eigenvalue weighted by Gasteiger charge is -2.43. The van der Waals surface area contributed by atoms with E-state index in [1.54, 1.807) is 7.11 Å². The maximum absolute atomic E-state index is 6.40. The fourth-order valence-corrected chi connectivity index (χ4v) is 4.44. The number of hydrogen-bond acceptors (Lipinski definition) is 4. The molecule has 4 heteroatoms. The summed E-state index contributed by atoms with van der Waals surface area (Å²) in [5.74, 6) is 2.35. The first-order valence-electron chi connectivity index (χ1n) is 10.4. The van der Waals surface area contributed by atoms with Crippen molar-refractivity contribution in [3.05, 3.63) is 29.8 Å². The summed E-state index contributed by atoms with van der Waals surface area (Å²) in [4.78, 5) is 2.72. The molecule has 1 aromatic carbocycles. The predicted octanol–water partition coefficient (Wildman–Crippen LogP) is 3.53. The normalized spacial score (nSPS) is 28.2. The van der Waals surface area contributed by atoms with Gasteiger partial charge in [0.2, 0.25) is 0 Å². The summed E-state index contributed by atoms with van der Waals surface area (Å²) in [6, 6.07) is 9.28. The largest absolute Gasteiger partial charge is 0.497 e. The number of methoxy groups -OCH3 is 1. The molecule has 3 aliphatic rings. The second-order valence-electron chi connectivity index (χ2n) is 8.25. The molecule has 0 amide bonds. The van der Waals surface area contributed by atoms with Crippen molar-refractivity contribution in [1.82, 2.24) is 4.90 Å². The molecular weight excluding hydrogens is 326 g/mol. The summed E-state index contributed by atoms with van der Waals surface area (Å²) in [5.41, 5.74) is 1.39. The van der Waals surface area contributed by atoms with Gasteiger partial charge in [-0.25, -0.2) is 0 Å². The third-order valence-corrected chi connectivity index (χ3v) is 6.30. The first-order chi connectivity index (χ1) is 12.8. The van der Waals surface area contributed by atoms with Crippen molar-refractivity contribution in [2.24, 2.45) is 11.8 Å². The lowest BCUT2D eigenvalue weighted by Crippen LogP contribution is -2.50. The number of likely N-dealkylation sites (tertiary alicyclic amines) is 1. The van der Waals surface area contributed by atoms with Crippen LogP contribution in [-0.4, -0.2) is 57.1 Å². The molecule has 26 heavy (non-hydrogen) atoms. The van der Waals surface area contributed by atoms with Crippen LogP contribution in [-0.2, 0) is 15.9 Å². The second kappa shape index (κ2) is 8.73. The molecule has 0 spiro atoms. The van der Waals surface area contributed by atoms with Crippen LogP contribution >= 0.6 is 0 Å². The van der Waals surface area contributed by atoms with Crippen LogP contribution in [0.4, 0.5) is 0 Å². The van der Waals surface area contributed by atoms with E-state index < -0.39 is 0 Å². The monoisotopic (exact) mass is 359 g/mol. The van der Waals surface area contributed by atoms with Crippen molar-refractivity contribution in [3.63, 3.8) is 0 Å². The molecule has 0 radical (unpaired) electrons. The molecule has 1 aromatic rings. The quantitative estimate of drug-likeness (QED) is 0.745. The maximum Gasteiger partial charge on any atom is 0.118 e. The molecule has 2 aliphatic heterocycles. The summed E-state index contributed by atoms with van der Waals surface area (Å²) < 4.78 is 17.3. The van der Waals surface area contributed by atoms with Crippen molar-refractivity contribution in [2.45, 2.75) is 50.7 Å². The second-order valence-corrected chi connectivity index (χ2v) is 8.25. The van der Waals surface area contributed by atoms with Gasteiger partial charge in [-0.3, -0.25) is 4.90 Å². The third kappa shape index (κ3) is 4.79. The summed E-state index contributed by atoms with van der Waals surface area (Å²) in [5, 5.41) is 0. The van der Waals surface area contributed by atoms with Gasteiger partial charge in [0.05, 0.1) is 13.2 Å². The Balaban J connectivity index is 1.40. The fraction of sp³-hybridized carbons (Fsp3) is 0.727. The zero-order valence-electron chi connectivity index (χ0n) is 16.1. The van der Waals surface area contributed by atoms with E-state index >= 15 is 0 Å². The highest BCUT2D eigenvalue weighted by Crippen LogP contribution is 2.33. The van der Waals surface area contributed by atoms with E-state index in [1.807, 2.05) is 0 Å². The lowest BCUT2D eigenvalue weighted by atomic mass is 9.87. The van der Waals surface area contributed by atoms with Crippen LogP contribution in [0.3, 0.4) is 0 Å². The van der Waals surface area contributed by atoms with E-state index in [9.17, 15) is 0 Å². The molecule has 2 saturated heterocycles. The molecule has 1 saturated carbocycles. The number of piperidine rings is 1. The molecule has 0 bridgehead atoms. The van der Waals surface area contributed by atoms with E-state index in [4.69, 9.17) is 14.2 Å². The Kier molecular flexibility index (Phi) is 6.13. The van der Waals surface area contributed by atoms with Crippen molar-refractivity contribution >= 4 is 0 Å². The standard InChI is InChI=1S/C22H33NO3/c1-24-21-6-4-17(5-7-21)14-19-15-23(20-9-12-25-13-10-20)11-8-22(19)26-16-18-2-3-18/h4-7,18-20,22H,2-3,8-16H2,1H3/t19-,22+/m0/s1. The van der Waals surface area contributed by atoms with Crippen molar-refractivity contribution in [3.8, 4) is 5.75 Å². The van der Waals surface area contributed by atoms with Gasteiger partial charge in [0.1, 0.15) is 5.75 Å². The minimum Gasteiger partial charge on any atom is -0.497 e. The van der Waals surface area contributed by atoms with Gasteiger partial charge in [0.25, 0.3) is 0 Å². The number of hydrogen-bond donors (Lipinski definition) is 0. The Bertz CT molecular complexity index is 551. The molecule has 3 fully saturated rings. The van der Waals surface area contributed by atoms with Crippen molar-refractivity contribution in [2.75, 3.05) is 40.0 Å². The first-order valence-corrected chi connectivity index (χ1v) is 10.4. The molecule has 2 heterocycles. The Morgan fingerprint density at radius 1 is 1.04 bits per heavy atom. The molecule has 144 valence electrons. The number of benzene rings is 1. The molecule has 1 aliphatic carbocycles. The SMILES string of the molecule is COc1ccc(C[C@H]2CN(C3CCOCC3)CC[C@H]2OCC2CC2)cc1. The third-order valence-electron chi connectivity index (χ3n) is 6.30. The number of rotatable bonds is 7. The van der Waals surface area contributed by atoms with E-state index in [2.05, 4.69) is 29.2 Å². The Hall–Kier alpha value is -1.10. The minimum absolute atomic E-state index is 0.411. The van der Waals surface area contributed by atoms with Crippen LogP contribution in [0.15, 0.2) is 24.3 Å². The summed E-state index contributed by atoms with van der Waals surface area (Å²) >= 11 is 0. The lowest BCUT2D eigenvalue weighted by molar-refractivity contribution is -0.0583. The number of nitrogens with zero attached hydrogens (tertiary/aromatic N) is 1. The van der Waals surface area contributed by atoms with Gasteiger partial charge in [-0.1, -0.05) is 12.1 Å². The van der Waals surface area contributed by atoms with E-state index in [0.29, 0.717) is 18.1 Å². The molecular formula is C22H33NO3. The molecule has 0 N–H and O–H groups in total. The number of ether oxygens (including phenoxy) is 3. The molecule has 2 atom stereocenters. The smallest absolute Gasteiger partial charge is 0.118 e. The first kappa shape index (κ1) is 18.3. The molecule has 0 aromatic heterocycles. The predicted molar refractivity (Wildman–Crippen MR) is 103 cm³/mol. The summed E-state index contributed by atoms with van der Waals surface area (Å²) in [6.45, 7) is 5.16. The molecule has 0 unspecified atom stereocenters. The molecule has 4 nitrogen and oxygen atoms in total. The summed E-state index contributed by atoms with van der Waals surface area (Å²) in [7, 11) is 1.73. The highest BCUT2D eigenvalue weighted by molar-refractivity contribution is 5.27. The minimum atomic E-state index is 0.411. The van der Waals surface area contributed by atoms with E-state index in [-0.39, 0.29) is 0 Å².